The second-order valence-corrected chi connectivity index (χ2v) is 5.09. The third-order valence-electron chi connectivity index (χ3n) is 3.75. The molecular weight excluding hydrogens is 224 g/mol. The van der Waals surface area contributed by atoms with Gasteiger partial charge < -0.3 is 4.74 Å². The largest absolute Gasteiger partial charge is 0.488 e. The lowest BCUT2D eigenvalue weighted by Crippen LogP contribution is -2.23. The number of rotatable bonds is 2. The van der Waals surface area contributed by atoms with Crippen LogP contribution < -0.4 is 4.74 Å². The molecule has 94 valence electrons. The van der Waals surface area contributed by atoms with Crippen molar-refractivity contribution >= 4 is 10.9 Å². The second kappa shape index (κ2) is 4.58. The lowest BCUT2D eigenvalue weighted by molar-refractivity contribution is 0.210. The van der Waals surface area contributed by atoms with Gasteiger partial charge in [-0.05, 0) is 32.2 Å². The van der Waals surface area contributed by atoms with Crippen LogP contribution in [-0.2, 0) is 0 Å². The SMILES string of the molecule is CC1CC(Oc2ccnc3ccccc23)CN1C. The number of para-hydroxylation sites is 1. The van der Waals surface area contributed by atoms with E-state index in [-0.39, 0.29) is 6.10 Å². The molecule has 1 aliphatic heterocycles. The van der Waals surface area contributed by atoms with Gasteiger partial charge in [-0.25, -0.2) is 0 Å². The highest BCUT2D eigenvalue weighted by atomic mass is 16.5. The zero-order chi connectivity index (χ0) is 12.5. The normalized spacial score (nSPS) is 24.6. The van der Waals surface area contributed by atoms with Crippen LogP contribution in [0.4, 0.5) is 0 Å². The summed E-state index contributed by atoms with van der Waals surface area (Å²) in [6, 6.07) is 10.7. The Hall–Kier alpha value is -1.61. The number of benzene rings is 1. The van der Waals surface area contributed by atoms with Crippen molar-refractivity contribution in [2.75, 3.05) is 13.6 Å². The number of ether oxygens (including phenoxy) is 1. The van der Waals surface area contributed by atoms with Gasteiger partial charge in [0.2, 0.25) is 0 Å². The fourth-order valence-corrected chi connectivity index (χ4v) is 2.57. The van der Waals surface area contributed by atoms with E-state index in [9.17, 15) is 0 Å². The smallest absolute Gasteiger partial charge is 0.130 e. The molecular formula is C15H18N2O. The highest BCUT2D eigenvalue weighted by molar-refractivity contribution is 5.84. The summed E-state index contributed by atoms with van der Waals surface area (Å²) in [6.45, 7) is 3.24. The van der Waals surface area contributed by atoms with Gasteiger partial charge in [0.25, 0.3) is 0 Å². The van der Waals surface area contributed by atoms with Gasteiger partial charge >= 0.3 is 0 Å². The molecule has 0 spiro atoms. The van der Waals surface area contributed by atoms with E-state index < -0.39 is 0 Å². The van der Waals surface area contributed by atoms with E-state index >= 15 is 0 Å². The minimum atomic E-state index is 0.288. The molecule has 1 saturated heterocycles. The first kappa shape index (κ1) is 11.5. The quantitative estimate of drug-likeness (QED) is 0.809. The van der Waals surface area contributed by atoms with Crippen LogP contribution in [0.5, 0.6) is 5.75 Å². The van der Waals surface area contributed by atoms with E-state index in [4.69, 9.17) is 4.74 Å². The Morgan fingerprint density at radius 3 is 2.89 bits per heavy atom. The van der Waals surface area contributed by atoms with Crippen LogP contribution in [0, 0.1) is 0 Å². The van der Waals surface area contributed by atoms with Crippen molar-refractivity contribution in [3.63, 3.8) is 0 Å². The summed E-state index contributed by atoms with van der Waals surface area (Å²) in [4.78, 5) is 6.70. The molecule has 0 N–H and O–H groups in total. The van der Waals surface area contributed by atoms with Crippen molar-refractivity contribution in [3.05, 3.63) is 36.5 Å². The number of aromatic nitrogens is 1. The molecule has 0 radical (unpaired) electrons. The van der Waals surface area contributed by atoms with E-state index in [1.54, 1.807) is 0 Å². The molecule has 2 heterocycles. The molecule has 0 bridgehead atoms. The van der Waals surface area contributed by atoms with Gasteiger partial charge in [-0.1, -0.05) is 12.1 Å². The van der Waals surface area contributed by atoms with Gasteiger partial charge in [0.05, 0.1) is 5.52 Å². The van der Waals surface area contributed by atoms with E-state index in [0.29, 0.717) is 6.04 Å². The van der Waals surface area contributed by atoms with Crippen LogP contribution in [0.1, 0.15) is 13.3 Å². The van der Waals surface area contributed by atoms with Crippen LogP contribution in [0.2, 0.25) is 0 Å². The Bertz CT molecular complexity index is 540. The minimum absolute atomic E-state index is 0.288. The summed E-state index contributed by atoms with van der Waals surface area (Å²) in [6.07, 6.45) is 3.20. The topological polar surface area (TPSA) is 25.4 Å². The van der Waals surface area contributed by atoms with E-state index in [0.717, 1.165) is 29.6 Å². The molecule has 1 aromatic carbocycles. The maximum Gasteiger partial charge on any atom is 0.130 e. The Balaban J connectivity index is 1.87. The molecule has 3 nitrogen and oxygen atoms in total. The van der Waals surface area contributed by atoms with Crippen molar-refractivity contribution in [2.24, 2.45) is 0 Å². The number of fused-ring (bicyclic) bond motifs is 1. The highest BCUT2D eigenvalue weighted by Crippen LogP contribution is 2.27. The molecule has 18 heavy (non-hydrogen) atoms. The number of hydrogen-bond donors (Lipinski definition) is 0. The predicted molar refractivity (Wildman–Crippen MR) is 72.9 cm³/mol. The van der Waals surface area contributed by atoms with Gasteiger partial charge in [-0.15, -0.1) is 0 Å². The highest BCUT2D eigenvalue weighted by Gasteiger charge is 2.27. The Morgan fingerprint density at radius 1 is 1.28 bits per heavy atom. The number of pyridine rings is 1. The second-order valence-electron chi connectivity index (χ2n) is 5.09. The summed E-state index contributed by atoms with van der Waals surface area (Å²) in [7, 11) is 2.15. The van der Waals surface area contributed by atoms with Crippen LogP contribution in [-0.4, -0.2) is 35.6 Å². The lowest BCUT2D eigenvalue weighted by atomic mass is 10.2. The van der Waals surface area contributed by atoms with E-state index in [1.807, 2.05) is 30.5 Å². The Kier molecular flexibility index (Phi) is 2.92. The summed E-state index contributed by atoms with van der Waals surface area (Å²) in [5.74, 6) is 0.952. The molecule has 3 heteroatoms. The van der Waals surface area contributed by atoms with Gasteiger partial charge in [-0.2, -0.15) is 0 Å². The van der Waals surface area contributed by atoms with Crippen molar-refractivity contribution in [2.45, 2.75) is 25.5 Å². The number of likely N-dealkylation sites (tertiary alicyclic amines) is 1. The number of nitrogens with zero attached hydrogens (tertiary/aromatic N) is 2. The maximum atomic E-state index is 6.15. The molecule has 3 rings (SSSR count). The first-order valence-corrected chi connectivity index (χ1v) is 6.44. The molecule has 1 aromatic heterocycles. The fraction of sp³-hybridized carbons (Fsp3) is 0.400. The molecule has 0 aliphatic carbocycles. The van der Waals surface area contributed by atoms with E-state index in [2.05, 4.69) is 29.9 Å². The predicted octanol–water partition coefficient (Wildman–Crippen LogP) is 2.71. The zero-order valence-corrected chi connectivity index (χ0v) is 10.8. The molecule has 2 aromatic rings. The van der Waals surface area contributed by atoms with Crippen LogP contribution in [0.25, 0.3) is 10.9 Å². The number of hydrogen-bond acceptors (Lipinski definition) is 3. The van der Waals surface area contributed by atoms with Crippen molar-refractivity contribution in [1.29, 1.82) is 0 Å². The third-order valence-corrected chi connectivity index (χ3v) is 3.75. The maximum absolute atomic E-state index is 6.15. The Morgan fingerprint density at radius 2 is 2.11 bits per heavy atom. The van der Waals surface area contributed by atoms with Crippen LogP contribution in [0.3, 0.4) is 0 Å². The molecule has 2 unspecified atom stereocenters. The average Bonchev–Trinajstić information content (AvgIpc) is 2.69. The third kappa shape index (κ3) is 2.06. The van der Waals surface area contributed by atoms with Crippen molar-refractivity contribution in [3.8, 4) is 5.75 Å². The Labute approximate surface area is 107 Å². The number of likely N-dealkylation sites (N-methyl/N-ethyl adjacent to an activating group) is 1. The standard InChI is InChI=1S/C15H18N2O/c1-11-9-12(10-17(11)2)18-15-7-8-16-14-6-4-3-5-13(14)15/h3-8,11-12H,9-10H2,1-2H3. The molecule has 1 fully saturated rings. The molecule has 2 atom stereocenters. The summed E-state index contributed by atoms with van der Waals surface area (Å²) in [5, 5.41) is 1.10. The van der Waals surface area contributed by atoms with Crippen LogP contribution in [0.15, 0.2) is 36.5 Å². The summed E-state index contributed by atoms with van der Waals surface area (Å²) < 4.78 is 6.15. The van der Waals surface area contributed by atoms with Gasteiger partial charge in [0, 0.05) is 30.6 Å². The van der Waals surface area contributed by atoms with Crippen molar-refractivity contribution in [1.82, 2.24) is 9.88 Å². The molecule has 0 amide bonds. The fourth-order valence-electron chi connectivity index (χ4n) is 2.57. The first-order chi connectivity index (χ1) is 8.74. The summed E-state index contributed by atoms with van der Waals surface area (Å²) in [5.41, 5.74) is 0.995. The average molecular weight is 242 g/mol. The summed E-state index contributed by atoms with van der Waals surface area (Å²) >= 11 is 0. The zero-order valence-electron chi connectivity index (χ0n) is 10.8. The van der Waals surface area contributed by atoms with Gasteiger partial charge in [-0.3, -0.25) is 9.88 Å². The van der Waals surface area contributed by atoms with Gasteiger partial charge in [0.15, 0.2) is 0 Å². The van der Waals surface area contributed by atoms with Crippen LogP contribution >= 0.6 is 0 Å². The van der Waals surface area contributed by atoms with Crippen molar-refractivity contribution < 1.29 is 4.74 Å². The molecule has 1 aliphatic rings. The molecule has 0 saturated carbocycles. The monoisotopic (exact) mass is 242 g/mol. The lowest BCUT2D eigenvalue weighted by Gasteiger charge is -2.15. The minimum Gasteiger partial charge on any atom is -0.488 e. The van der Waals surface area contributed by atoms with Gasteiger partial charge in [0.1, 0.15) is 11.9 Å². The first-order valence-electron chi connectivity index (χ1n) is 6.44. The van der Waals surface area contributed by atoms with E-state index in [1.165, 1.54) is 0 Å².